The molecule has 102 valence electrons. The van der Waals surface area contributed by atoms with Crippen molar-refractivity contribution in [3.63, 3.8) is 0 Å². The molecule has 1 saturated carbocycles. The monoisotopic (exact) mass is 274 g/mol. The van der Waals surface area contributed by atoms with Crippen molar-refractivity contribution >= 4 is 17.2 Å². The van der Waals surface area contributed by atoms with E-state index >= 15 is 0 Å². The Morgan fingerprint density at radius 2 is 2.00 bits per heavy atom. The quantitative estimate of drug-likeness (QED) is 0.859. The van der Waals surface area contributed by atoms with Crippen LogP contribution in [0.2, 0.25) is 0 Å². The average Bonchev–Trinajstić information content (AvgIpc) is 2.83. The van der Waals surface area contributed by atoms with Gasteiger partial charge in [0.2, 0.25) is 0 Å². The Labute approximate surface area is 121 Å². The van der Waals surface area contributed by atoms with Crippen molar-refractivity contribution in [1.82, 2.24) is 4.90 Å². The van der Waals surface area contributed by atoms with Gasteiger partial charge in [0.25, 0.3) is 0 Å². The zero-order chi connectivity index (χ0) is 13.2. The molecule has 1 aliphatic carbocycles. The molecule has 2 unspecified atom stereocenters. The van der Waals surface area contributed by atoms with Crippen molar-refractivity contribution in [2.45, 2.75) is 44.7 Å². The van der Waals surface area contributed by atoms with Gasteiger partial charge in [0, 0.05) is 18.2 Å². The van der Waals surface area contributed by atoms with Crippen LogP contribution in [-0.4, -0.2) is 22.5 Å². The predicted octanol–water partition coefficient (Wildman–Crippen LogP) is 3.09. The molecule has 3 rings (SSSR count). The molecule has 0 bridgehead atoms. The topological polar surface area (TPSA) is 29.3 Å². The summed E-state index contributed by atoms with van der Waals surface area (Å²) in [7, 11) is 0. The third-order valence-corrected chi connectivity index (χ3v) is 5.00. The molecule has 0 amide bonds. The SMILES string of the molecule is NC(=S)c1ccccc1CN1CCC2CCCCC21. The number of hydrogen-bond acceptors (Lipinski definition) is 2. The van der Waals surface area contributed by atoms with Crippen LogP contribution in [0, 0.1) is 5.92 Å². The van der Waals surface area contributed by atoms with Crippen LogP contribution in [0.4, 0.5) is 0 Å². The predicted molar refractivity (Wildman–Crippen MR) is 83.1 cm³/mol. The second-order valence-electron chi connectivity index (χ2n) is 5.89. The molecule has 1 saturated heterocycles. The first-order valence-corrected chi connectivity index (χ1v) is 7.78. The van der Waals surface area contributed by atoms with Crippen molar-refractivity contribution in [3.05, 3.63) is 35.4 Å². The van der Waals surface area contributed by atoms with Gasteiger partial charge in [0.05, 0.1) is 0 Å². The van der Waals surface area contributed by atoms with Gasteiger partial charge in [0.15, 0.2) is 0 Å². The Bertz CT molecular complexity index is 472. The van der Waals surface area contributed by atoms with Crippen molar-refractivity contribution in [2.24, 2.45) is 11.7 Å². The third kappa shape index (κ3) is 2.67. The molecular weight excluding hydrogens is 252 g/mol. The van der Waals surface area contributed by atoms with E-state index in [-0.39, 0.29) is 0 Å². The first-order valence-electron chi connectivity index (χ1n) is 7.37. The Hall–Kier alpha value is -0.930. The van der Waals surface area contributed by atoms with Gasteiger partial charge in [0.1, 0.15) is 4.99 Å². The summed E-state index contributed by atoms with van der Waals surface area (Å²) < 4.78 is 0. The Balaban J connectivity index is 1.76. The smallest absolute Gasteiger partial charge is 0.104 e. The van der Waals surface area contributed by atoms with Gasteiger partial charge in [-0.15, -0.1) is 0 Å². The lowest BCUT2D eigenvalue weighted by molar-refractivity contribution is 0.176. The maximum atomic E-state index is 5.83. The van der Waals surface area contributed by atoms with Crippen LogP contribution in [0.5, 0.6) is 0 Å². The number of likely N-dealkylation sites (tertiary alicyclic amines) is 1. The fourth-order valence-electron chi connectivity index (χ4n) is 3.82. The number of fused-ring (bicyclic) bond motifs is 1. The number of benzene rings is 1. The minimum absolute atomic E-state index is 0.523. The summed E-state index contributed by atoms with van der Waals surface area (Å²) in [6.07, 6.45) is 7.00. The summed E-state index contributed by atoms with van der Waals surface area (Å²) in [5.74, 6) is 0.936. The minimum atomic E-state index is 0.523. The standard InChI is InChI=1S/C16H22N2S/c17-16(19)14-7-3-1-6-13(14)11-18-10-9-12-5-2-4-8-15(12)18/h1,3,6-7,12,15H,2,4-5,8-11H2,(H2,17,19). The number of hydrogen-bond donors (Lipinski definition) is 1. The summed E-state index contributed by atoms with van der Waals surface area (Å²) in [5, 5.41) is 0. The minimum Gasteiger partial charge on any atom is -0.389 e. The molecular formula is C16H22N2S. The van der Waals surface area contributed by atoms with E-state index in [0.717, 1.165) is 24.1 Å². The Morgan fingerprint density at radius 3 is 2.84 bits per heavy atom. The highest BCUT2D eigenvalue weighted by atomic mass is 32.1. The van der Waals surface area contributed by atoms with E-state index in [1.165, 1.54) is 44.2 Å². The summed E-state index contributed by atoms with van der Waals surface area (Å²) in [5.41, 5.74) is 8.18. The first kappa shape index (κ1) is 13.1. The van der Waals surface area contributed by atoms with E-state index in [2.05, 4.69) is 17.0 Å². The van der Waals surface area contributed by atoms with Gasteiger partial charge < -0.3 is 5.73 Å². The Morgan fingerprint density at radius 1 is 1.21 bits per heavy atom. The zero-order valence-electron chi connectivity index (χ0n) is 11.3. The lowest BCUT2D eigenvalue weighted by Gasteiger charge is -2.32. The molecule has 2 fully saturated rings. The van der Waals surface area contributed by atoms with Gasteiger partial charge >= 0.3 is 0 Å². The van der Waals surface area contributed by atoms with Crippen LogP contribution in [0.15, 0.2) is 24.3 Å². The van der Waals surface area contributed by atoms with Crippen LogP contribution in [0.1, 0.15) is 43.2 Å². The maximum absolute atomic E-state index is 5.83. The van der Waals surface area contributed by atoms with E-state index in [1.807, 2.05) is 12.1 Å². The highest BCUT2D eigenvalue weighted by molar-refractivity contribution is 7.80. The fourth-order valence-corrected chi connectivity index (χ4v) is 4.02. The summed E-state index contributed by atoms with van der Waals surface area (Å²) in [4.78, 5) is 3.18. The molecule has 1 aromatic carbocycles. The molecule has 3 heteroatoms. The molecule has 0 spiro atoms. The molecule has 1 aromatic rings. The summed E-state index contributed by atoms with van der Waals surface area (Å²) in [6.45, 7) is 2.25. The molecule has 2 aliphatic rings. The summed E-state index contributed by atoms with van der Waals surface area (Å²) >= 11 is 5.16. The van der Waals surface area contributed by atoms with E-state index in [4.69, 9.17) is 18.0 Å². The number of thiocarbonyl (C=S) groups is 1. The lowest BCUT2D eigenvalue weighted by Crippen LogP contribution is -2.34. The van der Waals surface area contributed by atoms with Crippen molar-refractivity contribution in [2.75, 3.05) is 6.54 Å². The van der Waals surface area contributed by atoms with Crippen molar-refractivity contribution in [3.8, 4) is 0 Å². The van der Waals surface area contributed by atoms with E-state index in [0.29, 0.717) is 4.99 Å². The Kier molecular flexibility index (Phi) is 3.85. The molecule has 1 heterocycles. The van der Waals surface area contributed by atoms with Gasteiger partial charge in [-0.1, -0.05) is 49.3 Å². The second-order valence-corrected chi connectivity index (χ2v) is 6.33. The second kappa shape index (κ2) is 5.59. The van der Waals surface area contributed by atoms with Crippen LogP contribution < -0.4 is 5.73 Å². The van der Waals surface area contributed by atoms with E-state index in [9.17, 15) is 0 Å². The molecule has 2 N–H and O–H groups in total. The molecule has 2 atom stereocenters. The zero-order valence-corrected chi connectivity index (χ0v) is 12.2. The summed E-state index contributed by atoms with van der Waals surface area (Å²) in [6, 6.07) is 9.13. The number of nitrogens with two attached hydrogens (primary N) is 1. The highest BCUT2D eigenvalue weighted by Gasteiger charge is 2.35. The van der Waals surface area contributed by atoms with Crippen molar-refractivity contribution < 1.29 is 0 Å². The number of rotatable bonds is 3. The van der Waals surface area contributed by atoms with Gasteiger partial charge in [-0.05, 0) is 37.3 Å². The van der Waals surface area contributed by atoms with Crippen LogP contribution in [0.3, 0.4) is 0 Å². The van der Waals surface area contributed by atoms with Crippen molar-refractivity contribution in [1.29, 1.82) is 0 Å². The molecule has 0 radical (unpaired) electrons. The third-order valence-electron chi connectivity index (χ3n) is 4.78. The van der Waals surface area contributed by atoms with Crippen LogP contribution in [0.25, 0.3) is 0 Å². The normalized spacial score (nSPS) is 27.2. The first-order chi connectivity index (χ1) is 9.25. The number of nitrogens with zero attached hydrogens (tertiary/aromatic N) is 1. The van der Waals surface area contributed by atoms with E-state index in [1.54, 1.807) is 0 Å². The molecule has 1 aliphatic heterocycles. The molecule has 2 nitrogen and oxygen atoms in total. The van der Waals surface area contributed by atoms with Crippen LogP contribution >= 0.6 is 12.2 Å². The highest BCUT2D eigenvalue weighted by Crippen LogP contribution is 2.37. The fraction of sp³-hybridized carbons (Fsp3) is 0.562. The van der Waals surface area contributed by atoms with Gasteiger partial charge in [-0.3, -0.25) is 4.90 Å². The maximum Gasteiger partial charge on any atom is 0.104 e. The molecule has 0 aromatic heterocycles. The molecule has 19 heavy (non-hydrogen) atoms. The average molecular weight is 274 g/mol. The largest absolute Gasteiger partial charge is 0.389 e. The van der Waals surface area contributed by atoms with Gasteiger partial charge in [-0.25, -0.2) is 0 Å². The van der Waals surface area contributed by atoms with Crippen LogP contribution in [-0.2, 0) is 6.54 Å². The van der Waals surface area contributed by atoms with Gasteiger partial charge in [-0.2, -0.15) is 0 Å². The lowest BCUT2D eigenvalue weighted by atomic mass is 9.85. The van der Waals surface area contributed by atoms with E-state index < -0.39 is 0 Å².